The highest BCUT2D eigenvalue weighted by Crippen LogP contribution is 2.25. The summed E-state index contributed by atoms with van der Waals surface area (Å²) in [6.07, 6.45) is 5.43. The van der Waals surface area contributed by atoms with E-state index in [0.717, 1.165) is 0 Å². The van der Waals surface area contributed by atoms with Crippen molar-refractivity contribution in [2.75, 3.05) is 5.32 Å². The molecule has 6 heteroatoms. The Labute approximate surface area is 109 Å². The summed E-state index contributed by atoms with van der Waals surface area (Å²) in [5.41, 5.74) is 0.491. The molecule has 0 fully saturated rings. The minimum Gasteiger partial charge on any atom is -0.508 e. The molecule has 0 radical (unpaired) electrons. The molecule has 94 valence electrons. The maximum absolute atomic E-state index is 11.7. The summed E-state index contributed by atoms with van der Waals surface area (Å²) in [6.45, 7) is 0.557. The van der Waals surface area contributed by atoms with Gasteiger partial charge in [-0.15, -0.1) is 0 Å². The van der Waals surface area contributed by atoms with Crippen LogP contribution < -0.4 is 5.32 Å². The standard InChI is InChI=1S/C12H12ClN3O2/c13-10-7-9(17)1-2-11(10)15-12(18)3-5-16-6-4-14-8-16/h1-2,4,6-8,17H,3,5H2,(H,15,18). The van der Waals surface area contributed by atoms with Gasteiger partial charge in [0.25, 0.3) is 0 Å². The van der Waals surface area contributed by atoms with Gasteiger partial charge in [-0.25, -0.2) is 4.98 Å². The van der Waals surface area contributed by atoms with Crippen LogP contribution in [0.5, 0.6) is 5.75 Å². The molecule has 0 spiro atoms. The zero-order valence-electron chi connectivity index (χ0n) is 9.51. The second-order valence-corrected chi connectivity index (χ2v) is 4.17. The number of benzene rings is 1. The fraction of sp³-hybridized carbons (Fsp3) is 0.167. The third-order valence-electron chi connectivity index (χ3n) is 2.38. The zero-order chi connectivity index (χ0) is 13.0. The van der Waals surface area contributed by atoms with Crippen LogP contribution in [0.25, 0.3) is 0 Å². The van der Waals surface area contributed by atoms with E-state index in [9.17, 15) is 9.90 Å². The number of aromatic hydroxyl groups is 1. The summed E-state index contributed by atoms with van der Waals surface area (Å²) in [6, 6.07) is 4.41. The number of anilines is 1. The monoisotopic (exact) mass is 265 g/mol. The molecule has 0 saturated carbocycles. The van der Waals surface area contributed by atoms with Gasteiger partial charge in [0.1, 0.15) is 5.75 Å². The predicted molar refractivity (Wildman–Crippen MR) is 68.6 cm³/mol. The lowest BCUT2D eigenvalue weighted by Gasteiger charge is -2.07. The van der Waals surface area contributed by atoms with E-state index in [1.807, 2.05) is 4.57 Å². The van der Waals surface area contributed by atoms with Crippen LogP contribution in [-0.2, 0) is 11.3 Å². The first-order chi connectivity index (χ1) is 8.65. The first kappa shape index (κ1) is 12.4. The minimum atomic E-state index is -0.142. The van der Waals surface area contributed by atoms with Crippen molar-refractivity contribution in [2.24, 2.45) is 0 Å². The molecule has 5 nitrogen and oxygen atoms in total. The normalized spacial score (nSPS) is 10.3. The lowest BCUT2D eigenvalue weighted by molar-refractivity contribution is -0.116. The topological polar surface area (TPSA) is 67.2 Å². The minimum absolute atomic E-state index is 0.0661. The Kier molecular flexibility index (Phi) is 3.84. The molecule has 18 heavy (non-hydrogen) atoms. The maximum Gasteiger partial charge on any atom is 0.226 e. The van der Waals surface area contributed by atoms with E-state index >= 15 is 0 Å². The van der Waals surface area contributed by atoms with E-state index < -0.39 is 0 Å². The van der Waals surface area contributed by atoms with Gasteiger partial charge in [0.15, 0.2) is 0 Å². The Bertz CT molecular complexity index is 540. The highest BCUT2D eigenvalue weighted by atomic mass is 35.5. The molecule has 0 aliphatic carbocycles. The summed E-state index contributed by atoms with van der Waals surface area (Å²) in [5, 5.41) is 12.2. The van der Waals surface area contributed by atoms with E-state index in [1.54, 1.807) is 24.8 Å². The molecule has 1 aromatic carbocycles. The first-order valence-electron chi connectivity index (χ1n) is 5.39. The average molecular weight is 266 g/mol. The smallest absolute Gasteiger partial charge is 0.226 e. The SMILES string of the molecule is O=C(CCn1ccnc1)Nc1ccc(O)cc1Cl. The van der Waals surface area contributed by atoms with Gasteiger partial charge in [-0.3, -0.25) is 4.79 Å². The number of hydrogen-bond acceptors (Lipinski definition) is 3. The molecular weight excluding hydrogens is 254 g/mol. The van der Waals surface area contributed by atoms with Gasteiger partial charge in [-0.05, 0) is 12.1 Å². The second kappa shape index (κ2) is 5.55. The van der Waals surface area contributed by atoms with Gasteiger partial charge in [-0.2, -0.15) is 0 Å². The number of aromatic nitrogens is 2. The molecule has 0 atom stereocenters. The van der Waals surface area contributed by atoms with E-state index in [2.05, 4.69) is 10.3 Å². The van der Waals surface area contributed by atoms with Crippen LogP contribution in [0.3, 0.4) is 0 Å². The number of amides is 1. The Hall–Kier alpha value is -2.01. The van der Waals surface area contributed by atoms with Crippen molar-refractivity contribution in [3.05, 3.63) is 41.9 Å². The van der Waals surface area contributed by atoms with Gasteiger partial charge in [0.2, 0.25) is 5.91 Å². The van der Waals surface area contributed by atoms with E-state index in [1.165, 1.54) is 12.1 Å². The number of carbonyl (C=O) groups excluding carboxylic acids is 1. The molecule has 0 aliphatic rings. The van der Waals surface area contributed by atoms with Crippen molar-refractivity contribution in [3.8, 4) is 5.75 Å². The summed E-state index contributed by atoms with van der Waals surface area (Å²) in [7, 11) is 0. The third-order valence-corrected chi connectivity index (χ3v) is 2.70. The van der Waals surface area contributed by atoms with Crippen molar-refractivity contribution in [1.82, 2.24) is 9.55 Å². The van der Waals surface area contributed by atoms with Gasteiger partial charge >= 0.3 is 0 Å². The van der Waals surface area contributed by atoms with E-state index in [-0.39, 0.29) is 11.7 Å². The van der Waals surface area contributed by atoms with Gasteiger partial charge in [-0.1, -0.05) is 11.6 Å². The fourth-order valence-corrected chi connectivity index (χ4v) is 1.69. The van der Waals surface area contributed by atoms with Crippen LogP contribution in [0.15, 0.2) is 36.9 Å². The van der Waals surface area contributed by atoms with Gasteiger partial charge in [0, 0.05) is 31.4 Å². The molecule has 0 unspecified atom stereocenters. The fourth-order valence-electron chi connectivity index (χ4n) is 1.47. The molecular formula is C12H12ClN3O2. The van der Waals surface area contributed by atoms with Crippen LogP contribution in [-0.4, -0.2) is 20.6 Å². The maximum atomic E-state index is 11.7. The number of imidazole rings is 1. The predicted octanol–water partition coefficient (Wildman–Crippen LogP) is 2.27. The average Bonchev–Trinajstić information content (AvgIpc) is 2.83. The highest BCUT2D eigenvalue weighted by molar-refractivity contribution is 6.33. The lowest BCUT2D eigenvalue weighted by Crippen LogP contribution is -2.14. The molecule has 2 aromatic rings. The molecule has 0 bridgehead atoms. The Balaban J connectivity index is 1.91. The summed E-state index contributed by atoms with van der Waals surface area (Å²) < 4.78 is 1.82. The largest absolute Gasteiger partial charge is 0.508 e. The second-order valence-electron chi connectivity index (χ2n) is 3.76. The Morgan fingerprint density at radius 3 is 3.00 bits per heavy atom. The van der Waals surface area contributed by atoms with Crippen LogP contribution in [0, 0.1) is 0 Å². The lowest BCUT2D eigenvalue weighted by atomic mass is 10.3. The number of nitrogens with zero attached hydrogens (tertiary/aromatic N) is 2. The quantitative estimate of drug-likeness (QED) is 0.834. The van der Waals surface area contributed by atoms with Crippen molar-refractivity contribution in [1.29, 1.82) is 0 Å². The molecule has 1 aromatic heterocycles. The number of hydrogen-bond donors (Lipinski definition) is 2. The number of phenolic OH excluding ortho intramolecular Hbond substituents is 1. The van der Waals surface area contributed by atoms with Crippen LogP contribution in [0.4, 0.5) is 5.69 Å². The van der Waals surface area contributed by atoms with Crippen molar-refractivity contribution in [2.45, 2.75) is 13.0 Å². The summed E-state index contributed by atoms with van der Waals surface area (Å²) in [4.78, 5) is 15.6. The van der Waals surface area contributed by atoms with Crippen molar-refractivity contribution >= 4 is 23.2 Å². The number of nitrogens with one attached hydrogen (secondary N) is 1. The van der Waals surface area contributed by atoms with Crippen LogP contribution in [0.2, 0.25) is 5.02 Å². The number of halogens is 1. The van der Waals surface area contributed by atoms with E-state index in [0.29, 0.717) is 23.7 Å². The van der Waals surface area contributed by atoms with E-state index in [4.69, 9.17) is 11.6 Å². The molecule has 0 aliphatic heterocycles. The highest BCUT2D eigenvalue weighted by Gasteiger charge is 2.06. The zero-order valence-corrected chi connectivity index (χ0v) is 10.3. The molecule has 2 N–H and O–H groups in total. The van der Waals surface area contributed by atoms with Crippen molar-refractivity contribution < 1.29 is 9.90 Å². The third kappa shape index (κ3) is 3.24. The summed E-state index contributed by atoms with van der Waals surface area (Å²) >= 11 is 5.88. The Morgan fingerprint density at radius 2 is 2.33 bits per heavy atom. The molecule has 1 heterocycles. The van der Waals surface area contributed by atoms with Gasteiger partial charge in [0.05, 0.1) is 17.0 Å². The van der Waals surface area contributed by atoms with Crippen LogP contribution >= 0.6 is 11.6 Å². The molecule has 0 saturated heterocycles. The number of carbonyl (C=O) groups is 1. The summed E-state index contributed by atoms with van der Waals surface area (Å²) in [5.74, 6) is -0.0762. The van der Waals surface area contributed by atoms with Gasteiger partial charge < -0.3 is 15.0 Å². The molecule has 1 amide bonds. The first-order valence-corrected chi connectivity index (χ1v) is 5.77. The molecule has 2 rings (SSSR count). The number of aryl methyl sites for hydroxylation is 1. The van der Waals surface area contributed by atoms with Crippen molar-refractivity contribution in [3.63, 3.8) is 0 Å². The Morgan fingerprint density at radius 1 is 1.50 bits per heavy atom. The number of rotatable bonds is 4. The van der Waals surface area contributed by atoms with Crippen LogP contribution in [0.1, 0.15) is 6.42 Å². The number of phenols is 1.